The van der Waals surface area contributed by atoms with E-state index in [0.29, 0.717) is 29.8 Å². The third kappa shape index (κ3) is 4.70. The third-order valence-corrected chi connectivity index (χ3v) is 6.20. The van der Waals surface area contributed by atoms with Crippen molar-refractivity contribution in [2.75, 3.05) is 25.5 Å². The number of amides is 2. The fourth-order valence-corrected chi connectivity index (χ4v) is 4.29. The zero-order chi connectivity index (χ0) is 22.7. The molecule has 32 heavy (non-hydrogen) atoms. The molecule has 9 heteroatoms. The Morgan fingerprint density at radius 1 is 1.28 bits per heavy atom. The van der Waals surface area contributed by atoms with Crippen molar-refractivity contribution in [1.82, 2.24) is 25.2 Å². The maximum atomic E-state index is 12.6. The Hall–Kier alpha value is -3.13. The van der Waals surface area contributed by atoms with E-state index in [-0.39, 0.29) is 30.2 Å². The highest BCUT2D eigenvalue weighted by molar-refractivity contribution is 6.33. The molecule has 1 aromatic carbocycles. The van der Waals surface area contributed by atoms with Gasteiger partial charge in [0.15, 0.2) is 0 Å². The van der Waals surface area contributed by atoms with Crippen LogP contribution in [-0.2, 0) is 9.59 Å². The lowest BCUT2D eigenvalue weighted by Crippen LogP contribution is -2.45. The number of rotatable bonds is 6. The van der Waals surface area contributed by atoms with Gasteiger partial charge < -0.3 is 20.5 Å². The highest BCUT2D eigenvalue weighted by atomic mass is 35.5. The van der Waals surface area contributed by atoms with Crippen LogP contribution in [0.1, 0.15) is 26.2 Å². The summed E-state index contributed by atoms with van der Waals surface area (Å²) in [5.74, 6) is 0.106. The Labute approximate surface area is 191 Å². The lowest BCUT2D eigenvalue weighted by Gasteiger charge is -2.33. The molecule has 168 valence electrons. The van der Waals surface area contributed by atoms with E-state index < -0.39 is 0 Å². The van der Waals surface area contributed by atoms with E-state index in [9.17, 15) is 9.59 Å². The number of anilines is 1. The molecule has 1 atom stereocenters. The summed E-state index contributed by atoms with van der Waals surface area (Å²) in [6.45, 7) is 3.07. The lowest BCUT2D eigenvalue weighted by atomic mass is 10.0. The van der Waals surface area contributed by atoms with Crippen LogP contribution in [0.5, 0.6) is 0 Å². The Kier molecular flexibility index (Phi) is 6.60. The van der Waals surface area contributed by atoms with Gasteiger partial charge >= 0.3 is 0 Å². The zero-order valence-electron chi connectivity index (χ0n) is 18.2. The first-order chi connectivity index (χ1) is 15.5. The molecule has 4 rings (SSSR count). The molecule has 0 aliphatic carbocycles. The molecule has 0 bridgehead atoms. The van der Waals surface area contributed by atoms with Gasteiger partial charge in [-0.2, -0.15) is 0 Å². The van der Waals surface area contributed by atoms with Gasteiger partial charge in [-0.15, -0.1) is 0 Å². The summed E-state index contributed by atoms with van der Waals surface area (Å²) in [7, 11) is 1.58. The molecule has 0 spiro atoms. The Morgan fingerprint density at radius 2 is 2.03 bits per heavy atom. The first-order valence-electron chi connectivity index (χ1n) is 10.8. The number of nitrogens with one attached hydrogen (secondary N) is 3. The summed E-state index contributed by atoms with van der Waals surface area (Å²) in [6.07, 6.45) is 5.31. The smallest absolute Gasteiger partial charge is 0.225 e. The Balaban J connectivity index is 1.40. The number of benzene rings is 1. The van der Waals surface area contributed by atoms with Crippen LogP contribution in [0.3, 0.4) is 0 Å². The summed E-state index contributed by atoms with van der Waals surface area (Å²) < 4.78 is 0. The van der Waals surface area contributed by atoms with Gasteiger partial charge in [0.25, 0.3) is 0 Å². The topological polar surface area (TPSA) is 103 Å². The number of nitrogens with zero attached hydrogens (tertiary/aromatic N) is 3. The van der Waals surface area contributed by atoms with Crippen LogP contribution < -0.4 is 10.6 Å². The van der Waals surface area contributed by atoms with Gasteiger partial charge in [-0.25, -0.2) is 9.97 Å². The van der Waals surface area contributed by atoms with E-state index in [1.54, 1.807) is 20.2 Å². The van der Waals surface area contributed by atoms with E-state index in [1.165, 1.54) is 0 Å². The third-order valence-electron chi connectivity index (χ3n) is 5.92. The van der Waals surface area contributed by atoms with E-state index in [1.807, 2.05) is 35.4 Å². The van der Waals surface area contributed by atoms with Gasteiger partial charge in [0, 0.05) is 61.2 Å². The van der Waals surface area contributed by atoms with Crippen molar-refractivity contribution in [3.05, 3.63) is 41.7 Å². The average molecular weight is 455 g/mol. The summed E-state index contributed by atoms with van der Waals surface area (Å²) >= 11 is 6.42. The molecule has 1 unspecified atom stereocenters. The molecular formula is C23H27ClN6O2. The number of carbonyl (C=O) groups excluding carboxylic acids is 2. The van der Waals surface area contributed by atoms with Gasteiger partial charge in [0.05, 0.1) is 16.9 Å². The first kappa shape index (κ1) is 22.1. The quantitative estimate of drug-likeness (QED) is 0.529. The zero-order valence-corrected chi connectivity index (χ0v) is 18.9. The van der Waals surface area contributed by atoms with Gasteiger partial charge in [0.2, 0.25) is 17.8 Å². The van der Waals surface area contributed by atoms with Crippen LogP contribution in [0.25, 0.3) is 22.2 Å². The average Bonchev–Trinajstić information content (AvgIpc) is 3.24. The number of aromatic nitrogens is 3. The second-order valence-electron chi connectivity index (χ2n) is 8.16. The van der Waals surface area contributed by atoms with Gasteiger partial charge in [0.1, 0.15) is 0 Å². The summed E-state index contributed by atoms with van der Waals surface area (Å²) in [6, 6.07) is 8.17. The summed E-state index contributed by atoms with van der Waals surface area (Å²) in [5.41, 5.74) is 2.63. The van der Waals surface area contributed by atoms with E-state index >= 15 is 0 Å². The fourth-order valence-electron chi connectivity index (χ4n) is 4.10. The van der Waals surface area contributed by atoms with Gasteiger partial charge in [-0.1, -0.05) is 36.7 Å². The number of para-hydroxylation sites is 1. The number of aromatic amines is 1. The molecule has 1 aliphatic heterocycles. The molecule has 1 saturated heterocycles. The van der Waals surface area contributed by atoms with E-state index in [4.69, 9.17) is 11.6 Å². The maximum absolute atomic E-state index is 12.6. The standard InChI is InChI=1S/C23H27ClN6O2/c1-14(11-20(31)25-2)22(32)30-9-7-15(8-10-30)28-23-27-13-18(24)21(29-23)17-12-26-19-6-4-3-5-16(17)19/h3-6,12-15,26H,7-11H2,1-2H3,(H,25,31)(H,27,28,29). The summed E-state index contributed by atoms with van der Waals surface area (Å²) in [4.78, 5) is 38.3. The normalized spacial score (nSPS) is 15.5. The number of carbonyl (C=O) groups is 2. The van der Waals surface area contributed by atoms with Crippen molar-refractivity contribution in [2.24, 2.45) is 5.92 Å². The number of halogens is 1. The molecule has 2 aromatic heterocycles. The van der Waals surface area contributed by atoms with Crippen LogP contribution in [0, 0.1) is 5.92 Å². The minimum absolute atomic E-state index is 0.0245. The number of likely N-dealkylation sites (tertiary alicyclic amines) is 1. The number of H-pyrrole nitrogens is 1. The van der Waals surface area contributed by atoms with Crippen LogP contribution in [0.4, 0.5) is 5.95 Å². The van der Waals surface area contributed by atoms with E-state index in [2.05, 4.69) is 25.6 Å². The SMILES string of the molecule is CNC(=O)CC(C)C(=O)N1CCC(Nc2ncc(Cl)c(-c3c[nH]c4ccccc34)n2)CC1. The number of piperidine rings is 1. The minimum atomic E-state index is -0.321. The Bertz CT molecular complexity index is 1120. The number of hydrogen-bond donors (Lipinski definition) is 3. The van der Waals surface area contributed by atoms with Crippen LogP contribution in [-0.4, -0.2) is 57.8 Å². The fraction of sp³-hybridized carbons (Fsp3) is 0.391. The molecule has 2 amide bonds. The van der Waals surface area contributed by atoms with Crippen molar-refractivity contribution in [3.63, 3.8) is 0 Å². The molecule has 0 radical (unpaired) electrons. The van der Waals surface area contributed by atoms with Crippen LogP contribution in [0.15, 0.2) is 36.7 Å². The first-order valence-corrected chi connectivity index (χ1v) is 11.2. The second kappa shape index (κ2) is 9.56. The molecule has 3 N–H and O–H groups in total. The van der Waals surface area contributed by atoms with Crippen molar-refractivity contribution >= 4 is 40.3 Å². The van der Waals surface area contributed by atoms with E-state index in [0.717, 1.165) is 29.3 Å². The molecule has 0 saturated carbocycles. The predicted molar refractivity (Wildman–Crippen MR) is 125 cm³/mol. The largest absolute Gasteiger partial charge is 0.360 e. The molecule has 8 nitrogen and oxygen atoms in total. The van der Waals surface area contributed by atoms with Crippen molar-refractivity contribution in [3.8, 4) is 11.3 Å². The van der Waals surface area contributed by atoms with Crippen LogP contribution >= 0.6 is 11.6 Å². The second-order valence-corrected chi connectivity index (χ2v) is 8.57. The monoisotopic (exact) mass is 454 g/mol. The maximum Gasteiger partial charge on any atom is 0.225 e. The number of hydrogen-bond acceptors (Lipinski definition) is 5. The van der Waals surface area contributed by atoms with Gasteiger partial charge in [-0.3, -0.25) is 9.59 Å². The number of fused-ring (bicyclic) bond motifs is 1. The highest BCUT2D eigenvalue weighted by Crippen LogP contribution is 2.32. The molecule has 3 heterocycles. The molecule has 3 aromatic rings. The van der Waals surface area contributed by atoms with Gasteiger partial charge in [-0.05, 0) is 18.9 Å². The predicted octanol–water partition coefficient (Wildman–Crippen LogP) is 3.45. The van der Waals surface area contributed by atoms with Crippen LogP contribution in [0.2, 0.25) is 5.02 Å². The van der Waals surface area contributed by atoms with Crippen molar-refractivity contribution < 1.29 is 9.59 Å². The minimum Gasteiger partial charge on any atom is -0.360 e. The molecule has 1 aliphatic rings. The van der Waals surface area contributed by atoms with Crippen molar-refractivity contribution in [2.45, 2.75) is 32.2 Å². The molecule has 1 fully saturated rings. The van der Waals surface area contributed by atoms with Crippen molar-refractivity contribution in [1.29, 1.82) is 0 Å². The summed E-state index contributed by atoms with van der Waals surface area (Å²) in [5, 5.41) is 7.51. The Morgan fingerprint density at radius 3 is 2.78 bits per heavy atom. The molecular weight excluding hydrogens is 428 g/mol. The highest BCUT2D eigenvalue weighted by Gasteiger charge is 2.27. The lowest BCUT2D eigenvalue weighted by molar-refractivity contribution is -0.138.